The zero-order chi connectivity index (χ0) is 25.5. The van der Waals surface area contributed by atoms with E-state index in [1.165, 1.54) is 0 Å². The monoisotopic (exact) mass is 531 g/mol. The van der Waals surface area contributed by atoms with E-state index in [0.29, 0.717) is 12.5 Å². The quantitative estimate of drug-likeness (QED) is 0.130. The van der Waals surface area contributed by atoms with Crippen LogP contribution in [-0.2, 0) is 17.1 Å². The molecule has 1 amide bonds. The van der Waals surface area contributed by atoms with Crippen molar-refractivity contribution in [3.05, 3.63) is 0 Å². The van der Waals surface area contributed by atoms with E-state index in [-0.39, 0.29) is 6.54 Å². The van der Waals surface area contributed by atoms with Crippen LogP contribution in [0.4, 0.5) is 0 Å². The maximum Gasteiger partial charge on any atom is 0.469 e. The molecule has 6 N–H and O–H groups in total. The van der Waals surface area contributed by atoms with E-state index in [2.05, 4.69) is 64.2 Å². The Morgan fingerprint density at radius 2 is 1.19 bits per heavy atom. The van der Waals surface area contributed by atoms with E-state index in [1.54, 1.807) is 0 Å². The molecule has 0 bridgehead atoms. The number of hydrogen-bond acceptors (Lipinski definition) is 9. The van der Waals surface area contributed by atoms with Gasteiger partial charge < -0.3 is 43.2 Å². The minimum atomic E-state index is -3.04. The predicted octanol–water partition coefficient (Wildman–Crippen LogP) is 0.422. The summed E-state index contributed by atoms with van der Waals surface area (Å²) in [4.78, 5) is 12.2. The zero-order valence-electron chi connectivity index (χ0n) is 21.0. The lowest BCUT2D eigenvalue weighted by molar-refractivity contribution is -0.148. The Hall–Kier alpha value is 0.0175. The van der Waals surface area contributed by atoms with Crippen LogP contribution in [0.1, 0.15) is 6.42 Å². The first-order valence-electron chi connectivity index (χ1n) is 10.9. The van der Waals surface area contributed by atoms with Crippen LogP contribution >= 0.6 is 0 Å². The molecule has 0 fully saturated rings. The van der Waals surface area contributed by atoms with Gasteiger partial charge in [-0.1, -0.05) is 0 Å². The number of carbonyl (C=O) groups is 1. The van der Waals surface area contributed by atoms with Gasteiger partial charge in [0.05, 0.1) is 6.61 Å². The molecule has 14 heteroatoms. The van der Waals surface area contributed by atoms with Gasteiger partial charge in [0.2, 0.25) is 0 Å². The smallest absolute Gasteiger partial charge is 0.417 e. The number of nitrogens with one attached hydrogen (secondary N) is 1. The normalized spacial score (nSPS) is 17.6. The van der Waals surface area contributed by atoms with Crippen LogP contribution < -0.4 is 5.32 Å². The molecule has 0 heterocycles. The molecule has 0 rings (SSSR count). The van der Waals surface area contributed by atoms with Gasteiger partial charge in [0, 0.05) is 12.6 Å². The van der Waals surface area contributed by atoms with E-state index in [4.69, 9.17) is 17.5 Å². The molecule has 0 aromatic rings. The molecule has 0 aliphatic heterocycles. The Morgan fingerprint density at radius 3 is 1.53 bits per heavy atom. The summed E-state index contributed by atoms with van der Waals surface area (Å²) in [5.74, 6) is -0.891. The van der Waals surface area contributed by atoms with Crippen molar-refractivity contribution >= 4 is 39.7 Å². The van der Waals surface area contributed by atoms with Crippen LogP contribution in [0.25, 0.3) is 0 Å². The maximum absolute atomic E-state index is 12.2. The Labute approximate surface area is 196 Å². The van der Waals surface area contributed by atoms with Crippen molar-refractivity contribution in [1.29, 1.82) is 0 Å². The van der Waals surface area contributed by atoms with Crippen molar-refractivity contribution in [3.8, 4) is 0 Å². The van der Waals surface area contributed by atoms with Crippen LogP contribution in [0, 0.1) is 0 Å². The maximum atomic E-state index is 12.2. The van der Waals surface area contributed by atoms with E-state index >= 15 is 0 Å². The van der Waals surface area contributed by atoms with Crippen molar-refractivity contribution in [2.45, 2.75) is 95.8 Å². The lowest BCUT2D eigenvalue weighted by Crippen LogP contribution is -2.60. The van der Waals surface area contributed by atoms with Crippen molar-refractivity contribution in [1.82, 2.24) is 5.32 Å². The molecule has 10 nitrogen and oxygen atoms in total. The lowest BCUT2D eigenvalue weighted by atomic mass is 10.0. The van der Waals surface area contributed by atoms with Gasteiger partial charge >= 0.3 is 8.80 Å². The number of amides is 1. The van der Waals surface area contributed by atoms with Crippen molar-refractivity contribution < 1.29 is 42.7 Å². The summed E-state index contributed by atoms with van der Waals surface area (Å²) in [6.07, 6.45) is -6.95. The zero-order valence-corrected chi connectivity index (χ0v) is 25.0. The van der Waals surface area contributed by atoms with Gasteiger partial charge in [-0.2, -0.15) is 0 Å². The highest BCUT2D eigenvalue weighted by molar-refractivity contribution is 6.90. The standard InChI is InChI=1S/C18H45NO9Si4/c1-29(2,3)26-32(27-30(4,5)6,28-31(7,8)9)12-10-11-19-18(25)17(24)16(23)15(22)14(21)13-20/h14-17,20-24H,10-13H2,1-9H3,(H,19,25)/t14-,15-,16+,17-/m1/s1. The number of rotatable bonds is 15. The molecular formula is C18H45NO9Si4. The molecule has 0 aromatic heterocycles. The van der Waals surface area contributed by atoms with Gasteiger partial charge in [-0.25, -0.2) is 0 Å². The highest BCUT2D eigenvalue weighted by Gasteiger charge is 2.49. The van der Waals surface area contributed by atoms with Crippen molar-refractivity contribution in [2.75, 3.05) is 13.2 Å². The van der Waals surface area contributed by atoms with E-state index in [0.717, 1.165) is 0 Å². The summed E-state index contributed by atoms with van der Waals surface area (Å²) >= 11 is 0. The van der Waals surface area contributed by atoms with Crippen molar-refractivity contribution in [2.24, 2.45) is 0 Å². The molecule has 0 aliphatic rings. The first kappa shape index (κ1) is 32.0. The minimum absolute atomic E-state index is 0.176. The fraction of sp³-hybridized carbons (Fsp3) is 0.944. The Balaban J connectivity index is 5.23. The second-order valence-electron chi connectivity index (χ2n) is 10.9. The van der Waals surface area contributed by atoms with Gasteiger partial charge in [-0.15, -0.1) is 0 Å². The first-order chi connectivity index (χ1) is 14.2. The second-order valence-corrected chi connectivity index (χ2v) is 27.9. The second kappa shape index (κ2) is 12.6. The predicted molar refractivity (Wildman–Crippen MR) is 133 cm³/mol. The highest BCUT2D eigenvalue weighted by Crippen LogP contribution is 2.29. The molecular weight excluding hydrogens is 487 g/mol. The summed E-state index contributed by atoms with van der Waals surface area (Å²) < 4.78 is 19.7. The first-order valence-corrected chi connectivity index (χ1v) is 23.1. The topological polar surface area (TPSA) is 158 Å². The number of aliphatic hydroxyl groups is 5. The Kier molecular flexibility index (Phi) is 12.6. The lowest BCUT2D eigenvalue weighted by Gasteiger charge is -2.43. The van der Waals surface area contributed by atoms with Crippen LogP contribution in [0.5, 0.6) is 0 Å². The molecule has 192 valence electrons. The SMILES string of the molecule is C[Si](C)(C)O[Si](CCCNC(=O)[C@H](O)[C@@H](O)[C@H](O)[C@H](O)CO)(O[Si](C)(C)C)O[Si](C)(C)C. The number of hydrogen-bond donors (Lipinski definition) is 6. The summed E-state index contributed by atoms with van der Waals surface area (Å²) in [6, 6.07) is 0.497. The fourth-order valence-electron chi connectivity index (χ4n) is 2.91. The highest BCUT2D eigenvalue weighted by atomic mass is 28.5. The molecule has 0 aromatic carbocycles. The van der Waals surface area contributed by atoms with E-state index in [9.17, 15) is 25.2 Å². The van der Waals surface area contributed by atoms with Crippen LogP contribution in [0.3, 0.4) is 0 Å². The molecule has 0 radical (unpaired) electrons. The summed E-state index contributed by atoms with van der Waals surface area (Å²) in [6.45, 7) is 18.1. The van der Waals surface area contributed by atoms with E-state index < -0.39 is 70.7 Å². The number of aliphatic hydroxyl groups excluding tert-OH is 5. The van der Waals surface area contributed by atoms with Crippen LogP contribution in [0.2, 0.25) is 65.0 Å². The average molecular weight is 532 g/mol. The minimum Gasteiger partial charge on any atom is -0.417 e. The third-order valence-electron chi connectivity index (χ3n) is 3.87. The average Bonchev–Trinajstić information content (AvgIpc) is 2.57. The molecule has 0 unspecified atom stereocenters. The third kappa shape index (κ3) is 13.0. The molecule has 0 spiro atoms. The largest absolute Gasteiger partial charge is 0.469 e. The van der Waals surface area contributed by atoms with Gasteiger partial charge in [0.15, 0.2) is 31.1 Å². The molecule has 0 saturated carbocycles. The van der Waals surface area contributed by atoms with Gasteiger partial charge in [-0.3, -0.25) is 4.79 Å². The molecule has 0 saturated heterocycles. The van der Waals surface area contributed by atoms with Crippen molar-refractivity contribution in [3.63, 3.8) is 0 Å². The Morgan fingerprint density at radius 1 is 0.781 bits per heavy atom. The van der Waals surface area contributed by atoms with Gasteiger partial charge in [0.25, 0.3) is 5.91 Å². The van der Waals surface area contributed by atoms with Crippen LogP contribution in [-0.4, -0.2) is 103 Å². The third-order valence-corrected chi connectivity index (χ3v) is 15.9. The molecule has 4 atom stereocenters. The fourth-order valence-corrected chi connectivity index (χ4v) is 17.6. The van der Waals surface area contributed by atoms with E-state index in [1.807, 2.05) is 0 Å². The summed E-state index contributed by atoms with van der Waals surface area (Å²) in [5.41, 5.74) is 0. The van der Waals surface area contributed by atoms with Gasteiger partial charge in [0.1, 0.15) is 18.3 Å². The summed E-state index contributed by atoms with van der Waals surface area (Å²) in [7, 11) is -9.07. The summed E-state index contributed by atoms with van der Waals surface area (Å²) in [5, 5.41) is 50.2. The van der Waals surface area contributed by atoms with Crippen LogP contribution in [0.15, 0.2) is 0 Å². The van der Waals surface area contributed by atoms with Gasteiger partial charge in [-0.05, 0) is 65.3 Å². The molecule has 0 aliphatic carbocycles. The Bertz CT molecular complexity index is 537. The number of carbonyl (C=O) groups excluding carboxylic acids is 1. The molecule has 32 heavy (non-hydrogen) atoms.